The highest BCUT2D eigenvalue weighted by Gasteiger charge is 2.40. The van der Waals surface area contributed by atoms with Gasteiger partial charge in [-0.15, -0.1) is 10.2 Å². The Balaban J connectivity index is 2.09. The van der Waals surface area contributed by atoms with E-state index >= 15 is 0 Å². The van der Waals surface area contributed by atoms with Crippen LogP contribution in [0.2, 0.25) is 0 Å². The van der Waals surface area contributed by atoms with Crippen LogP contribution in [-0.2, 0) is 5.41 Å². The second kappa shape index (κ2) is 3.30. The van der Waals surface area contributed by atoms with Crippen molar-refractivity contribution in [3.63, 3.8) is 0 Å². The summed E-state index contributed by atoms with van der Waals surface area (Å²) in [5.41, 5.74) is -0.289. The topological polar surface area (TPSA) is 68.0 Å². The van der Waals surface area contributed by atoms with Crippen LogP contribution in [0.1, 0.15) is 57.1 Å². The first kappa shape index (κ1) is 11.1. The third kappa shape index (κ3) is 2.23. The van der Waals surface area contributed by atoms with Gasteiger partial charge in [0.1, 0.15) is 0 Å². The summed E-state index contributed by atoms with van der Waals surface area (Å²) in [6.45, 7) is 7.89. The lowest BCUT2D eigenvalue weighted by molar-refractivity contribution is 0.0897. The van der Waals surface area contributed by atoms with Crippen molar-refractivity contribution in [2.45, 2.75) is 51.5 Å². The average Bonchev–Trinajstić information content (AvgIpc) is 2.68. The number of amides is 1. The molecular formula is C11H17N3O2. The molecule has 1 aliphatic carbocycles. The SMILES string of the molecule is CC1(NC(=O)c2nnc(C(C)(C)C)o2)CC1. The van der Waals surface area contributed by atoms with Crippen LogP contribution in [-0.4, -0.2) is 21.6 Å². The minimum Gasteiger partial charge on any atom is -0.416 e. The summed E-state index contributed by atoms with van der Waals surface area (Å²) in [4.78, 5) is 11.7. The largest absolute Gasteiger partial charge is 0.416 e. The molecule has 0 spiro atoms. The van der Waals surface area contributed by atoms with Gasteiger partial charge >= 0.3 is 11.8 Å². The van der Waals surface area contributed by atoms with E-state index in [1.165, 1.54) is 0 Å². The molecule has 0 aromatic carbocycles. The van der Waals surface area contributed by atoms with E-state index in [2.05, 4.69) is 15.5 Å². The Morgan fingerprint density at radius 2 is 2.00 bits per heavy atom. The first-order chi connectivity index (χ1) is 7.30. The molecule has 0 atom stereocenters. The number of nitrogens with zero attached hydrogens (tertiary/aromatic N) is 2. The summed E-state index contributed by atoms with van der Waals surface area (Å²) >= 11 is 0. The van der Waals surface area contributed by atoms with Crippen molar-refractivity contribution >= 4 is 5.91 Å². The fourth-order valence-electron chi connectivity index (χ4n) is 1.26. The number of carbonyl (C=O) groups is 1. The highest BCUT2D eigenvalue weighted by atomic mass is 16.4. The molecule has 1 heterocycles. The van der Waals surface area contributed by atoms with Gasteiger partial charge < -0.3 is 9.73 Å². The Morgan fingerprint density at radius 1 is 1.38 bits per heavy atom. The van der Waals surface area contributed by atoms with E-state index in [9.17, 15) is 4.79 Å². The summed E-state index contributed by atoms with van der Waals surface area (Å²) < 4.78 is 5.35. The molecule has 0 saturated heterocycles. The molecule has 1 N–H and O–H groups in total. The van der Waals surface area contributed by atoms with Crippen LogP contribution in [0.3, 0.4) is 0 Å². The molecule has 2 rings (SSSR count). The predicted octanol–water partition coefficient (Wildman–Crippen LogP) is 1.65. The number of aromatic nitrogens is 2. The van der Waals surface area contributed by atoms with Crippen LogP contribution < -0.4 is 5.32 Å². The van der Waals surface area contributed by atoms with Gasteiger partial charge in [-0.2, -0.15) is 0 Å². The van der Waals surface area contributed by atoms with E-state index in [0.717, 1.165) is 12.8 Å². The summed E-state index contributed by atoms with van der Waals surface area (Å²) in [7, 11) is 0. The van der Waals surface area contributed by atoms with Crippen LogP contribution in [0.4, 0.5) is 0 Å². The lowest BCUT2D eigenvalue weighted by atomic mass is 9.97. The summed E-state index contributed by atoms with van der Waals surface area (Å²) in [5, 5.41) is 10.5. The van der Waals surface area contributed by atoms with Gasteiger partial charge in [-0.3, -0.25) is 4.79 Å². The lowest BCUT2D eigenvalue weighted by Crippen LogP contribution is -2.34. The molecule has 5 heteroatoms. The second-order valence-electron chi connectivity index (χ2n) is 5.68. The van der Waals surface area contributed by atoms with E-state index in [-0.39, 0.29) is 22.8 Å². The molecular weight excluding hydrogens is 206 g/mol. The molecule has 1 aliphatic rings. The maximum absolute atomic E-state index is 11.7. The smallest absolute Gasteiger partial charge is 0.309 e. The van der Waals surface area contributed by atoms with Gasteiger partial charge in [0.2, 0.25) is 5.89 Å². The highest BCUT2D eigenvalue weighted by Crippen LogP contribution is 2.34. The molecule has 88 valence electrons. The van der Waals surface area contributed by atoms with Crippen LogP contribution in [0.5, 0.6) is 0 Å². The molecule has 0 radical (unpaired) electrons. The minimum atomic E-state index is -0.275. The van der Waals surface area contributed by atoms with E-state index < -0.39 is 0 Å². The third-order valence-corrected chi connectivity index (χ3v) is 2.68. The fraction of sp³-hybridized carbons (Fsp3) is 0.727. The number of rotatable bonds is 2. The zero-order valence-electron chi connectivity index (χ0n) is 10.1. The highest BCUT2D eigenvalue weighted by molar-refractivity contribution is 5.90. The molecule has 5 nitrogen and oxygen atoms in total. The predicted molar refractivity (Wildman–Crippen MR) is 58.1 cm³/mol. The van der Waals surface area contributed by atoms with Crippen molar-refractivity contribution in [1.29, 1.82) is 0 Å². The molecule has 1 saturated carbocycles. The maximum atomic E-state index is 11.7. The van der Waals surface area contributed by atoms with Crippen molar-refractivity contribution in [2.24, 2.45) is 0 Å². The van der Waals surface area contributed by atoms with E-state index in [1.807, 2.05) is 27.7 Å². The first-order valence-electron chi connectivity index (χ1n) is 5.47. The van der Waals surface area contributed by atoms with Gasteiger partial charge in [-0.1, -0.05) is 20.8 Å². The Labute approximate surface area is 94.6 Å². The Bertz CT molecular complexity index is 413. The van der Waals surface area contributed by atoms with Crippen LogP contribution in [0.25, 0.3) is 0 Å². The van der Waals surface area contributed by atoms with E-state index in [0.29, 0.717) is 5.89 Å². The normalized spacial score (nSPS) is 18.2. The van der Waals surface area contributed by atoms with Crippen molar-refractivity contribution in [3.05, 3.63) is 11.8 Å². The molecule has 0 bridgehead atoms. The molecule has 1 aromatic rings. The fourth-order valence-corrected chi connectivity index (χ4v) is 1.26. The Hall–Kier alpha value is -1.39. The number of hydrogen-bond donors (Lipinski definition) is 1. The van der Waals surface area contributed by atoms with Crippen molar-refractivity contribution in [3.8, 4) is 0 Å². The van der Waals surface area contributed by atoms with Crippen molar-refractivity contribution < 1.29 is 9.21 Å². The van der Waals surface area contributed by atoms with E-state index in [1.54, 1.807) is 0 Å². The molecule has 1 fully saturated rings. The number of nitrogens with one attached hydrogen (secondary N) is 1. The molecule has 1 aromatic heterocycles. The third-order valence-electron chi connectivity index (χ3n) is 2.68. The zero-order valence-corrected chi connectivity index (χ0v) is 10.1. The van der Waals surface area contributed by atoms with Gasteiger partial charge in [0.25, 0.3) is 0 Å². The van der Waals surface area contributed by atoms with Gasteiger partial charge in [-0.25, -0.2) is 0 Å². The van der Waals surface area contributed by atoms with Gasteiger partial charge in [0.05, 0.1) is 0 Å². The monoisotopic (exact) mass is 223 g/mol. The van der Waals surface area contributed by atoms with Crippen LogP contribution in [0, 0.1) is 0 Å². The summed E-state index contributed by atoms with van der Waals surface area (Å²) in [5.74, 6) is 0.264. The number of carbonyl (C=O) groups excluding carboxylic acids is 1. The van der Waals surface area contributed by atoms with Crippen LogP contribution in [0.15, 0.2) is 4.42 Å². The van der Waals surface area contributed by atoms with Crippen LogP contribution >= 0.6 is 0 Å². The Morgan fingerprint density at radius 3 is 2.44 bits per heavy atom. The molecule has 1 amide bonds. The lowest BCUT2D eigenvalue weighted by Gasteiger charge is -2.11. The average molecular weight is 223 g/mol. The zero-order chi connectivity index (χ0) is 12.0. The molecule has 0 aliphatic heterocycles. The van der Waals surface area contributed by atoms with Crippen molar-refractivity contribution in [2.75, 3.05) is 0 Å². The standard InChI is InChI=1S/C11H17N3O2/c1-10(2,3)9-14-13-8(16-9)7(15)12-11(4)5-6-11/h5-6H2,1-4H3,(H,12,15). The summed E-state index contributed by atoms with van der Waals surface area (Å²) in [6.07, 6.45) is 2.03. The minimum absolute atomic E-state index is 0.0537. The number of hydrogen-bond acceptors (Lipinski definition) is 4. The first-order valence-corrected chi connectivity index (χ1v) is 5.47. The molecule has 16 heavy (non-hydrogen) atoms. The molecule has 0 unspecified atom stereocenters. The van der Waals surface area contributed by atoms with Gasteiger partial charge in [0.15, 0.2) is 0 Å². The van der Waals surface area contributed by atoms with E-state index in [4.69, 9.17) is 4.42 Å². The Kier molecular flexibility index (Phi) is 2.29. The summed E-state index contributed by atoms with van der Waals surface area (Å²) in [6, 6.07) is 0. The second-order valence-corrected chi connectivity index (χ2v) is 5.68. The van der Waals surface area contributed by atoms with Gasteiger partial charge in [-0.05, 0) is 19.8 Å². The van der Waals surface area contributed by atoms with Gasteiger partial charge in [0, 0.05) is 11.0 Å². The van der Waals surface area contributed by atoms with Crippen molar-refractivity contribution in [1.82, 2.24) is 15.5 Å². The quantitative estimate of drug-likeness (QED) is 0.827. The maximum Gasteiger partial charge on any atom is 0.309 e.